The Kier molecular flexibility index (Phi) is 2.23. The molecule has 1 aliphatic heterocycles. The molecule has 64 valence electrons. The van der Waals surface area contributed by atoms with E-state index in [4.69, 9.17) is 0 Å². The zero-order valence-corrected chi connectivity index (χ0v) is 9.06. The molecule has 1 aromatic heterocycles. The summed E-state index contributed by atoms with van der Waals surface area (Å²) in [6.07, 6.45) is 0.668. The van der Waals surface area contributed by atoms with Gasteiger partial charge in [0.2, 0.25) is 0 Å². The maximum Gasteiger partial charge on any atom is 0.166 e. The fourth-order valence-electron chi connectivity index (χ4n) is 1.24. The van der Waals surface area contributed by atoms with Crippen molar-refractivity contribution in [3.05, 3.63) is 11.6 Å². The Morgan fingerprint density at radius 2 is 2.42 bits per heavy atom. The van der Waals surface area contributed by atoms with Crippen molar-refractivity contribution in [1.82, 2.24) is 0 Å². The van der Waals surface area contributed by atoms with Gasteiger partial charge in [-0.05, 0) is 6.07 Å². The minimum absolute atomic E-state index is 0.271. The summed E-state index contributed by atoms with van der Waals surface area (Å²) >= 11 is 7.62. The molecule has 0 fully saturated rings. The first-order valence-corrected chi connectivity index (χ1v) is 5.84. The minimum Gasteiger partial charge on any atom is -0.294 e. The molecule has 12 heavy (non-hydrogen) atoms. The summed E-state index contributed by atoms with van der Waals surface area (Å²) in [5, 5.41) is 0.427. The van der Waals surface area contributed by atoms with Crippen LogP contribution in [-0.4, -0.2) is 11.0 Å². The average Bonchev–Trinajstić information content (AvgIpc) is 2.29. The van der Waals surface area contributed by atoms with Crippen LogP contribution in [0.2, 0.25) is 0 Å². The number of rotatable bonds is 0. The maximum atomic E-state index is 11.5. The molecule has 0 bridgehead atoms. The molecular weight excluding hydrogens is 208 g/mol. The van der Waals surface area contributed by atoms with Gasteiger partial charge in [0.25, 0.3) is 0 Å². The standard InChI is InChI=1S/C8H8OS3/c1-4-2-6(9)5-3-7(10)12-8(5)11-4/h3-4,10H,2H2,1H3. The van der Waals surface area contributed by atoms with E-state index in [1.165, 1.54) is 0 Å². The maximum absolute atomic E-state index is 11.5. The summed E-state index contributed by atoms with van der Waals surface area (Å²) in [5.41, 5.74) is 0.883. The number of hydrogen-bond donors (Lipinski definition) is 1. The van der Waals surface area contributed by atoms with Crippen LogP contribution in [0.25, 0.3) is 0 Å². The molecule has 2 heterocycles. The highest BCUT2D eigenvalue weighted by molar-refractivity contribution is 8.02. The molecule has 2 rings (SSSR count). The normalized spacial score (nSPS) is 22.5. The van der Waals surface area contributed by atoms with Crippen molar-refractivity contribution >= 4 is 41.5 Å². The summed E-state index contributed by atoms with van der Waals surface area (Å²) in [7, 11) is 0. The summed E-state index contributed by atoms with van der Waals surface area (Å²) in [6.45, 7) is 2.09. The van der Waals surface area contributed by atoms with E-state index in [-0.39, 0.29) is 5.78 Å². The first-order chi connectivity index (χ1) is 5.66. The number of carbonyl (C=O) groups is 1. The van der Waals surface area contributed by atoms with Crippen molar-refractivity contribution < 1.29 is 4.79 Å². The lowest BCUT2D eigenvalue weighted by molar-refractivity contribution is 0.0979. The van der Waals surface area contributed by atoms with Gasteiger partial charge in [0.05, 0.1) is 8.42 Å². The first-order valence-electron chi connectivity index (χ1n) is 3.69. The Bertz CT molecular complexity index is 329. The third-order valence-electron chi connectivity index (χ3n) is 1.77. The monoisotopic (exact) mass is 216 g/mol. The predicted molar refractivity (Wildman–Crippen MR) is 55.8 cm³/mol. The summed E-state index contributed by atoms with van der Waals surface area (Å²) < 4.78 is 2.08. The molecule has 1 atom stereocenters. The molecule has 0 amide bonds. The Morgan fingerprint density at radius 3 is 3.17 bits per heavy atom. The summed E-state index contributed by atoms with van der Waals surface area (Å²) in [5.74, 6) is 0.271. The molecule has 0 saturated heterocycles. The van der Waals surface area contributed by atoms with E-state index >= 15 is 0 Å². The molecular formula is C8H8OS3. The van der Waals surface area contributed by atoms with Crippen LogP contribution in [-0.2, 0) is 0 Å². The lowest BCUT2D eigenvalue weighted by atomic mass is 10.1. The van der Waals surface area contributed by atoms with Crippen molar-refractivity contribution in [2.75, 3.05) is 0 Å². The zero-order chi connectivity index (χ0) is 8.72. The van der Waals surface area contributed by atoms with Gasteiger partial charge in [-0.3, -0.25) is 4.79 Å². The number of thiol groups is 1. The average molecular weight is 216 g/mol. The summed E-state index contributed by atoms with van der Waals surface area (Å²) in [4.78, 5) is 11.5. The molecule has 0 aromatic carbocycles. The van der Waals surface area contributed by atoms with Gasteiger partial charge in [0.15, 0.2) is 5.78 Å². The van der Waals surface area contributed by atoms with Crippen LogP contribution in [0.1, 0.15) is 23.7 Å². The van der Waals surface area contributed by atoms with E-state index in [1.807, 2.05) is 6.07 Å². The highest BCUT2D eigenvalue weighted by atomic mass is 32.2. The van der Waals surface area contributed by atoms with E-state index in [2.05, 4.69) is 19.6 Å². The third-order valence-corrected chi connectivity index (χ3v) is 4.44. The Morgan fingerprint density at radius 1 is 1.67 bits per heavy atom. The predicted octanol–water partition coefficient (Wildman–Crippen LogP) is 3.10. The molecule has 1 aromatic rings. The number of carbonyl (C=O) groups excluding carboxylic acids is 1. The number of Topliss-reactive ketones (excluding diaryl/α,β-unsaturated/α-hetero) is 1. The molecule has 0 aliphatic carbocycles. The molecule has 0 saturated carbocycles. The summed E-state index contributed by atoms with van der Waals surface area (Å²) in [6, 6.07) is 1.88. The number of fused-ring (bicyclic) bond motifs is 1. The number of thiophene rings is 1. The number of ketones is 1. The molecule has 0 N–H and O–H groups in total. The van der Waals surface area contributed by atoms with Gasteiger partial charge in [-0.25, -0.2) is 0 Å². The van der Waals surface area contributed by atoms with Gasteiger partial charge >= 0.3 is 0 Å². The largest absolute Gasteiger partial charge is 0.294 e. The van der Waals surface area contributed by atoms with Crippen molar-refractivity contribution in [3.8, 4) is 0 Å². The molecule has 1 unspecified atom stereocenters. The molecule has 1 nitrogen and oxygen atoms in total. The molecule has 0 spiro atoms. The molecule has 4 heteroatoms. The van der Waals surface area contributed by atoms with E-state index in [0.717, 1.165) is 14.0 Å². The van der Waals surface area contributed by atoms with Crippen molar-refractivity contribution in [3.63, 3.8) is 0 Å². The van der Waals surface area contributed by atoms with Crippen molar-refractivity contribution in [2.24, 2.45) is 0 Å². The van der Waals surface area contributed by atoms with Crippen LogP contribution in [0.3, 0.4) is 0 Å². The second-order valence-corrected chi connectivity index (χ2v) is 6.39. The second kappa shape index (κ2) is 3.09. The minimum atomic E-state index is 0.271. The van der Waals surface area contributed by atoms with Crippen LogP contribution in [0.15, 0.2) is 14.5 Å². The Hall–Kier alpha value is 0.0700. The SMILES string of the molecule is CC1CC(=O)c2cc(S)sc2S1. The number of thioether (sulfide) groups is 1. The quantitative estimate of drug-likeness (QED) is 0.671. The van der Waals surface area contributed by atoms with Crippen LogP contribution >= 0.6 is 35.7 Å². The van der Waals surface area contributed by atoms with Crippen molar-refractivity contribution in [1.29, 1.82) is 0 Å². The zero-order valence-electron chi connectivity index (χ0n) is 6.53. The fraction of sp³-hybridized carbons (Fsp3) is 0.375. The van der Waals surface area contributed by atoms with Crippen LogP contribution < -0.4 is 0 Å². The van der Waals surface area contributed by atoms with Gasteiger partial charge in [-0.2, -0.15) is 0 Å². The van der Waals surface area contributed by atoms with Crippen molar-refractivity contribution in [2.45, 2.75) is 27.0 Å². The topological polar surface area (TPSA) is 17.1 Å². The highest BCUT2D eigenvalue weighted by Crippen LogP contribution is 2.41. The van der Waals surface area contributed by atoms with Crippen LogP contribution in [0, 0.1) is 0 Å². The van der Waals surface area contributed by atoms with E-state index in [0.29, 0.717) is 11.7 Å². The van der Waals surface area contributed by atoms with Gasteiger partial charge in [0.1, 0.15) is 0 Å². The van der Waals surface area contributed by atoms with Gasteiger partial charge < -0.3 is 0 Å². The van der Waals surface area contributed by atoms with E-state index in [1.54, 1.807) is 23.1 Å². The number of hydrogen-bond acceptors (Lipinski definition) is 4. The van der Waals surface area contributed by atoms with Crippen LogP contribution in [0.5, 0.6) is 0 Å². The molecule has 1 aliphatic rings. The third kappa shape index (κ3) is 1.43. The Balaban J connectivity index is 2.46. The second-order valence-electron chi connectivity index (χ2n) is 2.84. The van der Waals surface area contributed by atoms with Gasteiger partial charge in [-0.1, -0.05) is 6.92 Å². The highest BCUT2D eigenvalue weighted by Gasteiger charge is 2.24. The smallest absolute Gasteiger partial charge is 0.166 e. The lowest BCUT2D eigenvalue weighted by Gasteiger charge is -2.15. The molecule has 0 radical (unpaired) electrons. The fourth-order valence-corrected chi connectivity index (χ4v) is 4.33. The van der Waals surface area contributed by atoms with Gasteiger partial charge in [-0.15, -0.1) is 35.7 Å². The van der Waals surface area contributed by atoms with Crippen LogP contribution in [0.4, 0.5) is 0 Å². The first kappa shape index (κ1) is 8.66. The van der Waals surface area contributed by atoms with E-state index < -0.39 is 0 Å². The lowest BCUT2D eigenvalue weighted by Crippen LogP contribution is -2.12. The Labute approximate surface area is 85.0 Å². The van der Waals surface area contributed by atoms with E-state index in [9.17, 15) is 4.79 Å². The van der Waals surface area contributed by atoms with Gasteiger partial charge in [0, 0.05) is 17.2 Å².